The lowest BCUT2D eigenvalue weighted by Gasteiger charge is -2.35. The molecule has 0 radical (unpaired) electrons. The van der Waals surface area contributed by atoms with Crippen molar-refractivity contribution in [3.8, 4) is 0 Å². The van der Waals surface area contributed by atoms with E-state index in [2.05, 4.69) is 23.6 Å². The average molecular weight is 335 g/mol. The molecule has 2 N–H and O–H groups in total. The molecule has 1 unspecified atom stereocenters. The quantitative estimate of drug-likeness (QED) is 0.907. The molecule has 128 valence electrons. The van der Waals surface area contributed by atoms with Crippen LogP contribution in [0, 0.1) is 0 Å². The van der Waals surface area contributed by atoms with Gasteiger partial charge in [-0.1, -0.05) is 30.3 Å². The normalized spacial score (nSPS) is 18.4. The van der Waals surface area contributed by atoms with Crippen molar-refractivity contribution in [3.63, 3.8) is 0 Å². The lowest BCUT2D eigenvalue weighted by molar-refractivity contribution is -0.117. The Bertz CT molecular complexity index is 847. The second-order valence-corrected chi connectivity index (χ2v) is 6.66. The Hall–Kier alpha value is -2.82. The van der Waals surface area contributed by atoms with E-state index in [0.29, 0.717) is 12.1 Å². The SMILES string of the molecule is CC1CCc2ccccc2N1C(=O)CNc1cccc2c1C(=O)NC2. The molecule has 0 saturated heterocycles. The predicted molar refractivity (Wildman–Crippen MR) is 97.8 cm³/mol. The Morgan fingerprint density at radius 2 is 2.00 bits per heavy atom. The van der Waals surface area contributed by atoms with E-state index in [1.807, 2.05) is 41.3 Å². The molecular weight excluding hydrogens is 314 g/mol. The van der Waals surface area contributed by atoms with Crippen LogP contribution < -0.4 is 15.5 Å². The van der Waals surface area contributed by atoms with Crippen LogP contribution in [0.25, 0.3) is 0 Å². The highest BCUT2D eigenvalue weighted by molar-refractivity contribution is 6.04. The van der Waals surface area contributed by atoms with Gasteiger partial charge in [0, 0.05) is 24.0 Å². The number of benzene rings is 2. The first-order chi connectivity index (χ1) is 12.1. The van der Waals surface area contributed by atoms with E-state index in [9.17, 15) is 9.59 Å². The minimum Gasteiger partial charge on any atom is -0.375 e. The summed E-state index contributed by atoms with van der Waals surface area (Å²) in [5.41, 5.74) is 4.57. The zero-order chi connectivity index (χ0) is 17.4. The number of carbonyl (C=O) groups excluding carboxylic acids is 2. The van der Waals surface area contributed by atoms with Crippen LogP contribution in [0.5, 0.6) is 0 Å². The number of amides is 2. The third-order valence-corrected chi connectivity index (χ3v) is 5.04. The van der Waals surface area contributed by atoms with E-state index in [0.717, 1.165) is 29.8 Å². The van der Waals surface area contributed by atoms with Crippen LogP contribution in [0.4, 0.5) is 11.4 Å². The zero-order valence-electron chi connectivity index (χ0n) is 14.2. The van der Waals surface area contributed by atoms with Gasteiger partial charge in [-0.15, -0.1) is 0 Å². The van der Waals surface area contributed by atoms with Crippen LogP contribution in [0.2, 0.25) is 0 Å². The third kappa shape index (κ3) is 2.76. The van der Waals surface area contributed by atoms with E-state index in [-0.39, 0.29) is 24.4 Å². The Morgan fingerprint density at radius 3 is 2.88 bits per heavy atom. The van der Waals surface area contributed by atoms with Crippen molar-refractivity contribution in [2.75, 3.05) is 16.8 Å². The molecule has 2 heterocycles. The molecule has 2 aromatic rings. The second kappa shape index (κ2) is 6.24. The van der Waals surface area contributed by atoms with Gasteiger partial charge in [-0.25, -0.2) is 0 Å². The van der Waals surface area contributed by atoms with E-state index in [1.165, 1.54) is 5.56 Å². The fourth-order valence-electron chi connectivity index (χ4n) is 3.75. The number of carbonyl (C=O) groups is 2. The number of aryl methyl sites for hydroxylation is 1. The summed E-state index contributed by atoms with van der Waals surface area (Å²) in [7, 11) is 0. The summed E-state index contributed by atoms with van der Waals surface area (Å²) < 4.78 is 0. The zero-order valence-corrected chi connectivity index (χ0v) is 14.2. The number of fused-ring (bicyclic) bond motifs is 2. The average Bonchev–Trinajstić information content (AvgIpc) is 3.01. The maximum atomic E-state index is 12.9. The van der Waals surface area contributed by atoms with Crippen LogP contribution in [0.1, 0.15) is 34.8 Å². The summed E-state index contributed by atoms with van der Waals surface area (Å²) in [6.07, 6.45) is 1.97. The highest BCUT2D eigenvalue weighted by atomic mass is 16.2. The summed E-state index contributed by atoms with van der Waals surface area (Å²) in [6, 6.07) is 14.0. The van der Waals surface area contributed by atoms with Crippen molar-refractivity contribution in [2.45, 2.75) is 32.4 Å². The van der Waals surface area contributed by atoms with Crippen LogP contribution >= 0.6 is 0 Å². The number of hydrogen-bond acceptors (Lipinski definition) is 3. The molecule has 2 aliphatic rings. The van der Waals surface area contributed by atoms with Gasteiger partial charge in [0.05, 0.1) is 12.1 Å². The Kier molecular flexibility index (Phi) is 3.92. The highest BCUT2D eigenvalue weighted by Gasteiger charge is 2.28. The van der Waals surface area contributed by atoms with Gasteiger partial charge in [-0.2, -0.15) is 0 Å². The fourth-order valence-corrected chi connectivity index (χ4v) is 3.75. The highest BCUT2D eigenvalue weighted by Crippen LogP contribution is 2.31. The lowest BCUT2D eigenvalue weighted by atomic mass is 9.96. The Morgan fingerprint density at radius 1 is 1.20 bits per heavy atom. The molecule has 1 atom stereocenters. The van der Waals surface area contributed by atoms with Gasteiger partial charge in [0.1, 0.15) is 0 Å². The predicted octanol–water partition coefficient (Wildman–Crippen LogP) is 2.71. The molecule has 0 spiro atoms. The van der Waals surface area contributed by atoms with Gasteiger partial charge < -0.3 is 15.5 Å². The van der Waals surface area contributed by atoms with Gasteiger partial charge in [0.2, 0.25) is 5.91 Å². The van der Waals surface area contributed by atoms with Crippen molar-refractivity contribution >= 4 is 23.2 Å². The van der Waals surface area contributed by atoms with Crippen molar-refractivity contribution in [3.05, 3.63) is 59.2 Å². The fraction of sp³-hybridized carbons (Fsp3) is 0.300. The smallest absolute Gasteiger partial charge is 0.253 e. The van der Waals surface area contributed by atoms with Crippen LogP contribution in [0.15, 0.2) is 42.5 Å². The van der Waals surface area contributed by atoms with Crippen molar-refractivity contribution in [2.24, 2.45) is 0 Å². The number of anilines is 2. The van der Waals surface area contributed by atoms with Gasteiger partial charge in [-0.3, -0.25) is 9.59 Å². The first kappa shape index (κ1) is 15.7. The van der Waals surface area contributed by atoms with E-state index < -0.39 is 0 Å². The van der Waals surface area contributed by atoms with Crippen LogP contribution in [-0.4, -0.2) is 24.4 Å². The molecule has 5 nitrogen and oxygen atoms in total. The number of rotatable bonds is 3. The topological polar surface area (TPSA) is 61.4 Å². The molecule has 0 aromatic heterocycles. The van der Waals surface area contributed by atoms with Crippen molar-refractivity contribution in [1.82, 2.24) is 5.32 Å². The third-order valence-electron chi connectivity index (χ3n) is 5.04. The number of para-hydroxylation sites is 1. The molecule has 0 fully saturated rings. The molecular formula is C20H21N3O2. The van der Waals surface area contributed by atoms with Gasteiger partial charge in [0.15, 0.2) is 0 Å². The van der Waals surface area contributed by atoms with Crippen molar-refractivity contribution in [1.29, 1.82) is 0 Å². The number of nitrogens with zero attached hydrogens (tertiary/aromatic N) is 1. The Balaban J connectivity index is 1.54. The van der Waals surface area contributed by atoms with Crippen LogP contribution in [0.3, 0.4) is 0 Å². The summed E-state index contributed by atoms with van der Waals surface area (Å²) in [4.78, 5) is 26.8. The van der Waals surface area contributed by atoms with E-state index in [4.69, 9.17) is 0 Å². The minimum atomic E-state index is -0.0813. The molecule has 0 bridgehead atoms. The largest absolute Gasteiger partial charge is 0.375 e. The minimum absolute atomic E-state index is 0.0238. The lowest BCUT2D eigenvalue weighted by Crippen LogP contribution is -2.44. The standard InChI is InChI=1S/C20H21N3O2/c1-13-9-10-14-5-2-3-8-17(14)23(13)18(24)12-21-16-7-4-6-15-11-22-20(25)19(15)16/h2-8,13,21H,9-12H2,1H3,(H,22,25). The molecule has 0 aliphatic carbocycles. The van der Waals surface area contributed by atoms with Gasteiger partial charge >= 0.3 is 0 Å². The number of hydrogen-bond donors (Lipinski definition) is 2. The maximum absolute atomic E-state index is 12.9. The van der Waals surface area contributed by atoms with Crippen molar-refractivity contribution < 1.29 is 9.59 Å². The molecule has 2 aliphatic heterocycles. The monoisotopic (exact) mass is 335 g/mol. The van der Waals surface area contributed by atoms with Gasteiger partial charge in [0.25, 0.3) is 5.91 Å². The second-order valence-electron chi connectivity index (χ2n) is 6.66. The Labute approximate surface area is 147 Å². The van der Waals surface area contributed by atoms with Gasteiger partial charge in [-0.05, 0) is 43.0 Å². The van der Waals surface area contributed by atoms with Crippen LogP contribution in [-0.2, 0) is 17.8 Å². The molecule has 25 heavy (non-hydrogen) atoms. The maximum Gasteiger partial charge on any atom is 0.253 e. The number of nitrogens with one attached hydrogen (secondary N) is 2. The molecule has 0 saturated carbocycles. The summed E-state index contributed by atoms with van der Waals surface area (Å²) >= 11 is 0. The summed E-state index contributed by atoms with van der Waals surface area (Å²) in [6.45, 7) is 2.80. The molecule has 2 amide bonds. The van der Waals surface area contributed by atoms with E-state index in [1.54, 1.807) is 0 Å². The molecule has 2 aromatic carbocycles. The first-order valence-corrected chi connectivity index (χ1v) is 8.69. The summed E-state index contributed by atoms with van der Waals surface area (Å²) in [5, 5.41) is 5.99. The molecule has 5 heteroatoms. The van der Waals surface area contributed by atoms with E-state index >= 15 is 0 Å². The molecule has 4 rings (SSSR count). The first-order valence-electron chi connectivity index (χ1n) is 8.69. The summed E-state index contributed by atoms with van der Waals surface area (Å²) in [5.74, 6) is -0.0575.